The highest BCUT2D eigenvalue weighted by Crippen LogP contribution is 2.33. The summed E-state index contributed by atoms with van der Waals surface area (Å²) in [7, 11) is 1.48. The minimum Gasteiger partial charge on any atom is -0.495 e. The quantitative estimate of drug-likeness (QED) is 0.508. The number of nitro benzene ring substituents is 1. The Kier molecular flexibility index (Phi) is 5.69. The van der Waals surface area contributed by atoms with Gasteiger partial charge >= 0.3 is 6.03 Å². The smallest absolute Gasteiger partial charge is 0.319 e. The number of methoxy groups -OCH3 is 1. The molecular formula is C19H17ClN4O5. The number of amides is 3. The molecule has 3 amide bonds. The van der Waals surface area contributed by atoms with E-state index in [2.05, 4.69) is 16.0 Å². The second-order valence-electron chi connectivity index (χ2n) is 6.19. The van der Waals surface area contributed by atoms with E-state index in [1.807, 2.05) is 0 Å². The van der Waals surface area contributed by atoms with Gasteiger partial charge in [0.15, 0.2) is 0 Å². The molecule has 0 unspecified atom stereocenters. The Labute approximate surface area is 170 Å². The number of allylic oxidation sites excluding steroid dienone is 1. The van der Waals surface area contributed by atoms with Crippen LogP contribution in [0.5, 0.6) is 5.75 Å². The predicted molar refractivity (Wildman–Crippen MR) is 107 cm³/mol. The van der Waals surface area contributed by atoms with Crippen LogP contribution in [-0.4, -0.2) is 24.0 Å². The van der Waals surface area contributed by atoms with Crippen molar-refractivity contribution in [3.8, 4) is 5.75 Å². The number of nitrogens with zero attached hydrogens (tertiary/aromatic N) is 1. The van der Waals surface area contributed by atoms with Gasteiger partial charge in [-0.1, -0.05) is 29.8 Å². The van der Waals surface area contributed by atoms with Crippen molar-refractivity contribution in [2.45, 2.75) is 13.0 Å². The van der Waals surface area contributed by atoms with E-state index in [1.165, 1.54) is 25.3 Å². The zero-order valence-corrected chi connectivity index (χ0v) is 16.2. The van der Waals surface area contributed by atoms with Crippen molar-refractivity contribution in [1.82, 2.24) is 10.6 Å². The first-order valence-electron chi connectivity index (χ1n) is 8.48. The Hall–Kier alpha value is -3.59. The van der Waals surface area contributed by atoms with Crippen molar-refractivity contribution < 1.29 is 19.2 Å². The van der Waals surface area contributed by atoms with Gasteiger partial charge in [-0.2, -0.15) is 0 Å². The van der Waals surface area contributed by atoms with Crippen LogP contribution in [0, 0.1) is 10.1 Å². The normalized spacial score (nSPS) is 16.0. The molecule has 9 nitrogen and oxygen atoms in total. The molecule has 1 aliphatic rings. The molecule has 0 spiro atoms. The molecule has 0 saturated carbocycles. The molecule has 1 atom stereocenters. The summed E-state index contributed by atoms with van der Waals surface area (Å²) in [5.41, 5.74) is 0.994. The molecule has 29 heavy (non-hydrogen) atoms. The molecule has 1 aliphatic heterocycles. The number of carbonyl (C=O) groups is 2. The minimum atomic E-state index is -0.908. The average molecular weight is 417 g/mol. The van der Waals surface area contributed by atoms with Gasteiger partial charge in [-0.05, 0) is 30.7 Å². The van der Waals surface area contributed by atoms with Crippen molar-refractivity contribution in [1.29, 1.82) is 0 Å². The third-order valence-electron chi connectivity index (χ3n) is 4.37. The third kappa shape index (κ3) is 4.14. The van der Waals surface area contributed by atoms with Crippen LogP contribution in [0.3, 0.4) is 0 Å². The first-order valence-corrected chi connectivity index (χ1v) is 8.86. The Bertz CT molecular complexity index is 1040. The van der Waals surface area contributed by atoms with Crippen molar-refractivity contribution >= 4 is 34.9 Å². The van der Waals surface area contributed by atoms with Gasteiger partial charge < -0.3 is 20.7 Å². The van der Waals surface area contributed by atoms with Gasteiger partial charge in [0.1, 0.15) is 10.8 Å². The molecule has 10 heteroatoms. The lowest BCUT2D eigenvalue weighted by molar-refractivity contribution is -0.384. The van der Waals surface area contributed by atoms with Gasteiger partial charge in [0.2, 0.25) is 0 Å². The van der Waals surface area contributed by atoms with Crippen LogP contribution in [-0.2, 0) is 4.79 Å². The second kappa shape index (κ2) is 8.19. The van der Waals surface area contributed by atoms with Crippen molar-refractivity contribution in [3.63, 3.8) is 0 Å². The molecule has 3 N–H and O–H groups in total. The fourth-order valence-electron chi connectivity index (χ4n) is 3.03. The van der Waals surface area contributed by atoms with Crippen molar-refractivity contribution in [2.75, 3.05) is 12.4 Å². The van der Waals surface area contributed by atoms with Gasteiger partial charge in [0, 0.05) is 11.8 Å². The number of hydrogen-bond donors (Lipinski definition) is 3. The SMILES string of the molecule is COc1ccccc1NC(=O)C1=C(C)NC(=O)N[C@@H]1c1ccc(Cl)c([N+](=O)[O-])c1. The lowest BCUT2D eigenvalue weighted by Crippen LogP contribution is -2.46. The van der Waals surface area contributed by atoms with Gasteiger partial charge in [-0.25, -0.2) is 4.79 Å². The molecule has 3 rings (SSSR count). The molecule has 0 radical (unpaired) electrons. The minimum absolute atomic E-state index is 0.0419. The van der Waals surface area contributed by atoms with E-state index < -0.39 is 22.9 Å². The van der Waals surface area contributed by atoms with E-state index in [0.717, 1.165) is 0 Å². The number of hydrogen-bond acceptors (Lipinski definition) is 5. The Balaban J connectivity index is 2.01. The second-order valence-corrected chi connectivity index (χ2v) is 6.60. The lowest BCUT2D eigenvalue weighted by atomic mass is 9.94. The van der Waals surface area contributed by atoms with E-state index >= 15 is 0 Å². The highest BCUT2D eigenvalue weighted by atomic mass is 35.5. The van der Waals surface area contributed by atoms with Crippen LogP contribution < -0.4 is 20.7 Å². The number of benzene rings is 2. The molecule has 2 aromatic carbocycles. The lowest BCUT2D eigenvalue weighted by Gasteiger charge is -2.28. The summed E-state index contributed by atoms with van der Waals surface area (Å²) in [4.78, 5) is 35.7. The molecular weight excluding hydrogens is 400 g/mol. The summed E-state index contributed by atoms with van der Waals surface area (Å²) < 4.78 is 5.24. The maximum absolute atomic E-state index is 13.0. The number of rotatable bonds is 5. The zero-order valence-electron chi connectivity index (χ0n) is 15.5. The standard InChI is InChI=1S/C19H17ClN4O5/c1-10-16(18(25)22-13-5-3-4-6-15(13)29-2)17(23-19(26)21-10)11-7-8-12(20)14(9-11)24(27)28/h3-9,17H,1-2H3,(H,22,25)(H2,21,23,26)/t17-/m1/s1. The summed E-state index contributed by atoms with van der Waals surface area (Å²) >= 11 is 5.88. The average Bonchev–Trinajstić information content (AvgIpc) is 2.67. The fraction of sp³-hybridized carbons (Fsp3) is 0.158. The van der Waals surface area contributed by atoms with E-state index in [9.17, 15) is 19.7 Å². The summed E-state index contributed by atoms with van der Waals surface area (Å²) in [6, 6.07) is 9.54. The number of ether oxygens (including phenoxy) is 1. The first kappa shape index (κ1) is 20.2. The monoisotopic (exact) mass is 416 g/mol. The molecule has 0 bridgehead atoms. The molecule has 1 heterocycles. The number of halogens is 1. The Morgan fingerprint density at radius 2 is 2.00 bits per heavy atom. The first-order chi connectivity index (χ1) is 13.8. The van der Waals surface area contributed by atoms with Gasteiger partial charge in [-0.15, -0.1) is 0 Å². The number of nitrogens with one attached hydrogen (secondary N) is 3. The molecule has 0 fully saturated rings. The van der Waals surface area contributed by atoms with Gasteiger partial charge in [0.05, 0.1) is 29.3 Å². The van der Waals surface area contributed by atoms with Crippen LogP contribution in [0.1, 0.15) is 18.5 Å². The van der Waals surface area contributed by atoms with Gasteiger partial charge in [-0.3, -0.25) is 14.9 Å². The maximum Gasteiger partial charge on any atom is 0.319 e. The number of para-hydroxylation sites is 2. The van der Waals surface area contributed by atoms with Crippen LogP contribution in [0.4, 0.5) is 16.2 Å². The summed E-state index contributed by atoms with van der Waals surface area (Å²) in [5, 5.41) is 19.1. The Morgan fingerprint density at radius 3 is 2.69 bits per heavy atom. The van der Waals surface area contributed by atoms with Crippen LogP contribution >= 0.6 is 11.6 Å². The highest BCUT2D eigenvalue weighted by molar-refractivity contribution is 6.32. The fourth-order valence-corrected chi connectivity index (χ4v) is 3.22. The van der Waals surface area contributed by atoms with Crippen molar-refractivity contribution in [2.24, 2.45) is 0 Å². The largest absolute Gasteiger partial charge is 0.495 e. The Morgan fingerprint density at radius 1 is 1.28 bits per heavy atom. The van der Waals surface area contributed by atoms with E-state index in [4.69, 9.17) is 16.3 Å². The van der Waals surface area contributed by atoms with E-state index in [0.29, 0.717) is 22.7 Å². The summed E-state index contributed by atoms with van der Waals surface area (Å²) in [6.45, 7) is 1.58. The number of carbonyl (C=O) groups excluding carboxylic acids is 2. The highest BCUT2D eigenvalue weighted by Gasteiger charge is 2.32. The number of urea groups is 1. The van der Waals surface area contributed by atoms with Crippen LogP contribution in [0.15, 0.2) is 53.7 Å². The molecule has 0 aromatic heterocycles. The van der Waals surface area contributed by atoms with Crippen LogP contribution in [0.2, 0.25) is 5.02 Å². The van der Waals surface area contributed by atoms with E-state index in [-0.39, 0.29) is 16.3 Å². The molecule has 150 valence electrons. The maximum atomic E-state index is 13.0. The molecule has 2 aromatic rings. The number of anilines is 1. The zero-order chi connectivity index (χ0) is 21.1. The van der Waals surface area contributed by atoms with E-state index in [1.54, 1.807) is 31.2 Å². The van der Waals surface area contributed by atoms with Crippen LogP contribution in [0.25, 0.3) is 0 Å². The molecule has 0 saturated heterocycles. The predicted octanol–water partition coefficient (Wildman–Crippen LogP) is 3.52. The number of nitro groups is 1. The van der Waals surface area contributed by atoms with Gasteiger partial charge in [0.25, 0.3) is 11.6 Å². The topological polar surface area (TPSA) is 123 Å². The van der Waals surface area contributed by atoms with Crippen molar-refractivity contribution in [3.05, 3.63) is 74.4 Å². The summed E-state index contributed by atoms with van der Waals surface area (Å²) in [6.07, 6.45) is 0. The summed E-state index contributed by atoms with van der Waals surface area (Å²) in [5.74, 6) is -0.0345. The molecule has 0 aliphatic carbocycles. The third-order valence-corrected chi connectivity index (χ3v) is 4.69.